The molecule has 0 bridgehead atoms. The summed E-state index contributed by atoms with van der Waals surface area (Å²) in [5, 5.41) is 14.8. The largest absolute Gasteiger partial charge is 0.392 e. The van der Waals surface area contributed by atoms with Gasteiger partial charge in [-0.1, -0.05) is 11.6 Å². The molecule has 1 aromatic carbocycles. The van der Waals surface area contributed by atoms with Crippen molar-refractivity contribution in [1.29, 1.82) is 0 Å². The smallest absolute Gasteiger partial charge is 0.137 e. The van der Waals surface area contributed by atoms with E-state index >= 15 is 0 Å². The van der Waals surface area contributed by atoms with Crippen molar-refractivity contribution in [3.63, 3.8) is 0 Å². The Kier molecular flexibility index (Phi) is 4.47. The standard InChI is InChI=1S/C16H19ClFN3O/c1-11-15(10-20-8-2-3-14(22)9-20)16(17)21(19-11)13-6-4-12(18)5-7-13/h4-7,14,22H,2-3,8-10H2,1H3. The molecule has 0 amide bonds. The van der Waals surface area contributed by atoms with E-state index < -0.39 is 0 Å². The van der Waals surface area contributed by atoms with Crippen molar-refractivity contribution in [2.45, 2.75) is 32.4 Å². The number of aromatic nitrogens is 2. The van der Waals surface area contributed by atoms with Gasteiger partial charge in [-0.15, -0.1) is 0 Å². The highest BCUT2D eigenvalue weighted by molar-refractivity contribution is 6.30. The molecule has 2 heterocycles. The minimum atomic E-state index is -0.286. The van der Waals surface area contributed by atoms with Gasteiger partial charge in [-0.25, -0.2) is 9.07 Å². The number of hydrogen-bond acceptors (Lipinski definition) is 3. The van der Waals surface area contributed by atoms with Crippen LogP contribution in [0.25, 0.3) is 5.69 Å². The molecule has 1 N–H and O–H groups in total. The van der Waals surface area contributed by atoms with Crippen molar-refractivity contribution >= 4 is 11.6 Å². The fourth-order valence-electron chi connectivity index (χ4n) is 2.86. The molecule has 1 aliphatic heterocycles. The molecule has 1 aromatic heterocycles. The molecule has 0 aliphatic carbocycles. The van der Waals surface area contributed by atoms with Crippen molar-refractivity contribution in [2.24, 2.45) is 0 Å². The number of nitrogens with zero attached hydrogens (tertiary/aromatic N) is 3. The molecule has 1 aliphatic rings. The van der Waals surface area contributed by atoms with Crippen LogP contribution >= 0.6 is 11.6 Å². The van der Waals surface area contributed by atoms with Crippen LogP contribution in [0.5, 0.6) is 0 Å². The minimum absolute atomic E-state index is 0.264. The Morgan fingerprint density at radius 1 is 1.36 bits per heavy atom. The molecule has 1 unspecified atom stereocenters. The summed E-state index contributed by atoms with van der Waals surface area (Å²) in [6, 6.07) is 6.09. The molecular formula is C16H19ClFN3O. The van der Waals surface area contributed by atoms with Gasteiger partial charge in [-0.2, -0.15) is 5.10 Å². The Balaban J connectivity index is 1.85. The van der Waals surface area contributed by atoms with Gasteiger partial charge in [0.1, 0.15) is 11.0 Å². The van der Waals surface area contributed by atoms with Crippen molar-refractivity contribution in [2.75, 3.05) is 13.1 Å². The van der Waals surface area contributed by atoms with Crippen LogP contribution in [0.4, 0.5) is 4.39 Å². The molecule has 1 fully saturated rings. The number of halogens is 2. The number of aliphatic hydroxyl groups excluding tert-OH is 1. The summed E-state index contributed by atoms with van der Waals surface area (Å²) in [4.78, 5) is 2.19. The second-order valence-electron chi connectivity index (χ2n) is 5.77. The van der Waals surface area contributed by atoms with Gasteiger partial charge in [-0.05, 0) is 50.6 Å². The predicted molar refractivity (Wildman–Crippen MR) is 83.8 cm³/mol. The molecule has 1 saturated heterocycles. The SMILES string of the molecule is Cc1nn(-c2ccc(F)cc2)c(Cl)c1CN1CCCC(O)C1. The zero-order chi connectivity index (χ0) is 15.7. The first-order chi connectivity index (χ1) is 10.5. The maximum atomic E-state index is 13.0. The third-order valence-electron chi connectivity index (χ3n) is 4.06. The van der Waals surface area contributed by atoms with E-state index in [1.54, 1.807) is 16.8 Å². The third-order valence-corrected chi connectivity index (χ3v) is 4.44. The van der Waals surface area contributed by atoms with E-state index in [1.807, 2.05) is 6.92 Å². The number of aliphatic hydroxyl groups is 1. The fourth-order valence-corrected chi connectivity index (χ4v) is 3.19. The number of benzene rings is 1. The molecule has 4 nitrogen and oxygen atoms in total. The normalized spacial score (nSPS) is 19.5. The Hall–Kier alpha value is -1.43. The summed E-state index contributed by atoms with van der Waals surface area (Å²) in [6.45, 7) is 4.20. The highest BCUT2D eigenvalue weighted by atomic mass is 35.5. The second kappa shape index (κ2) is 6.36. The van der Waals surface area contributed by atoms with E-state index in [9.17, 15) is 9.50 Å². The van der Waals surface area contributed by atoms with Gasteiger partial charge < -0.3 is 5.11 Å². The number of piperidine rings is 1. The van der Waals surface area contributed by atoms with E-state index in [0.717, 1.165) is 36.3 Å². The Labute approximate surface area is 134 Å². The van der Waals surface area contributed by atoms with Gasteiger partial charge in [0.05, 0.1) is 17.5 Å². The monoisotopic (exact) mass is 323 g/mol. The molecule has 22 heavy (non-hydrogen) atoms. The van der Waals surface area contributed by atoms with E-state index in [0.29, 0.717) is 18.2 Å². The predicted octanol–water partition coefficient (Wildman–Crippen LogP) is 2.93. The van der Waals surface area contributed by atoms with Crippen LogP contribution in [-0.4, -0.2) is 39.0 Å². The third kappa shape index (κ3) is 3.16. The molecule has 6 heteroatoms. The van der Waals surface area contributed by atoms with Crippen LogP contribution in [0.3, 0.4) is 0 Å². The lowest BCUT2D eigenvalue weighted by molar-refractivity contribution is 0.0667. The summed E-state index contributed by atoms with van der Waals surface area (Å²) in [5.74, 6) is -0.286. The first-order valence-electron chi connectivity index (χ1n) is 7.45. The number of aryl methyl sites for hydroxylation is 1. The van der Waals surface area contributed by atoms with Gasteiger partial charge in [0.2, 0.25) is 0 Å². The lowest BCUT2D eigenvalue weighted by Crippen LogP contribution is -2.37. The number of β-amino-alcohol motifs (C(OH)–C–C–N with tert-alkyl or cyclic N) is 1. The first kappa shape index (κ1) is 15.5. The molecule has 0 spiro atoms. The van der Waals surface area contributed by atoms with Gasteiger partial charge >= 0.3 is 0 Å². The van der Waals surface area contributed by atoms with Gasteiger partial charge in [0.25, 0.3) is 0 Å². The van der Waals surface area contributed by atoms with E-state index in [4.69, 9.17) is 11.6 Å². The van der Waals surface area contributed by atoms with Crippen molar-refractivity contribution in [3.8, 4) is 5.69 Å². The van der Waals surface area contributed by atoms with Crippen molar-refractivity contribution < 1.29 is 9.50 Å². The van der Waals surface area contributed by atoms with Gasteiger partial charge in [0.15, 0.2) is 0 Å². The highest BCUT2D eigenvalue weighted by Crippen LogP contribution is 2.26. The number of hydrogen-bond donors (Lipinski definition) is 1. The lowest BCUT2D eigenvalue weighted by Gasteiger charge is -2.29. The topological polar surface area (TPSA) is 41.3 Å². The minimum Gasteiger partial charge on any atom is -0.392 e. The van der Waals surface area contributed by atoms with Gasteiger partial charge in [-0.3, -0.25) is 4.90 Å². The molecular weight excluding hydrogens is 305 g/mol. The quantitative estimate of drug-likeness (QED) is 0.944. The molecule has 1 atom stereocenters. The summed E-state index contributed by atoms with van der Waals surface area (Å²) in [7, 11) is 0. The van der Waals surface area contributed by atoms with Crippen molar-refractivity contribution in [3.05, 3.63) is 46.5 Å². The van der Waals surface area contributed by atoms with E-state index in [-0.39, 0.29) is 11.9 Å². The van der Waals surface area contributed by atoms with Gasteiger partial charge in [0, 0.05) is 18.7 Å². The van der Waals surface area contributed by atoms with Crippen LogP contribution in [0.15, 0.2) is 24.3 Å². The molecule has 0 saturated carbocycles. The first-order valence-corrected chi connectivity index (χ1v) is 7.83. The van der Waals surface area contributed by atoms with Crippen LogP contribution < -0.4 is 0 Å². The molecule has 118 valence electrons. The maximum Gasteiger partial charge on any atom is 0.137 e. The van der Waals surface area contributed by atoms with Crippen LogP contribution in [0.1, 0.15) is 24.1 Å². The zero-order valence-electron chi connectivity index (χ0n) is 12.5. The highest BCUT2D eigenvalue weighted by Gasteiger charge is 2.22. The van der Waals surface area contributed by atoms with E-state index in [1.165, 1.54) is 12.1 Å². The summed E-state index contributed by atoms with van der Waals surface area (Å²) in [5.41, 5.74) is 2.55. The Morgan fingerprint density at radius 2 is 2.09 bits per heavy atom. The molecule has 3 rings (SSSR count). The average molecular weight is 324 g/mol. The lowest BCUT2D eigenvalue weighted by atomic mass is 10.1. The Morgan fingerprint density at radius 3 is 2.77 bits per heavy atom. The van der Waals surface area contributed by atoms with E-state index in [2.05, 4.69) is 10.00 Å². The molecule has 0 radical (unpaired) electrons. The van der Waals surface area contributed by atoms with Crippen LogP contribution in [0.2, 0.25) is 5.15 Å². The van der Waals surface area contributed by atoms with Crippen LogP contribution in [-0.2, 0) is 6.54 Å². The summed E-state index contributed by atoms with van der Waals surface area (Å²) in [6.07, 6.45) is 1.59. The number of likely N-dealkylation sites (tertiary alicyclic amines) is 1. The number of rotatable bonds is 3. The van der Waals surface area contributed by atoms with Crippen molar-refractivity contribution in [1.82, 2.24) is 14.7 Å². The Bertz CT molecular complexity index is 656. The van der Waals surface area contributed by atoms with Crippen LogP contribution in [0, 0.1) is 12.7 Å². The second-order valence-corrected chi connectivity index (χ2v) is 6.13. The average Bonchev–Trinajstić information content (AvgIpc) is 2.76. The zero-order valence-corrected chi connectivity index (χ0v) is 13.2. The fraction of sp³-hybridized carbons (Fsp3) is 0.438. The summed E-state index contributed by atoms with van der Waals surface area (Å²) >= 11 is 6.48. The summed E-state index contributed by atoms with van der Waals surface area (Å²) < 4.78 is 14.7. The molecule has 2 aromatic rings. The maximum absolute atomic E-state index is 13.0.